The van der Waals surface area contributed by atoms with Crippen molar-refractivity contribution in [2.24, 2.45) is 5.92 Å². The maximum absolute atomic E-state index is 4.51. The molecule has 0 spiro atoms. The lowest BCUT2D eigenvalue weighted by Crippen LogP contribution is -2.35. The van der Waals surface area contributed by atoms with Crippen molar-refractivity contribution < 1.29 is 0 Å². The van der Waals surface area contributed by atoms with Crippen LogP contribution in [-0.4, -0.2) is 17.6 Å². The van der Waals surface area contributed by atoms with Crippen LogP contribution in [0, 0.1) is 12.8 Å². The summed E-state index contributed by atoms with van der Waals surface area (Å²) in [6.45, 7) is 5.41. The van der Waals surface area contributed by atoms with Gasteiger partial charge in [0.25, 0.3) is 0 Å². The van der Waals surface area contributed by atoms with Gasteiger partial charge in [-0.05, 0) is 37.4 Å². The first-order chi connectivity index (χ1) is 8.29. The van der Waals surface area contributed by atoms with Crippen LogP contribution in [0.15, 0.2) is 18.3 Å². The normalized spacial score (nSPS) is 17.8. The maximum Gasteiger partial charge on any atom is 0.0448 e. The van der Waals surface area contributed by atoms with E-state index in [1.165, 1.54) is 36.9 Å². The molecule has 0 radical (unpaired) electrons. The molecule has 1 aliphatic carbocycles. The van der Waals surface area contributed by atoms with Gasteiger partial charge in [0.2, 0.25) is 0 Å². The highest BCUT2D eigenvalue weighted by Gasteiger charge is 2.22. The van der Waals surface area contributed by atoms with Crippen molar-refractivity contribution >= 4 is 0 Å². The quantitative estimate of drug-likeness (QED) is 0.815. The number of aryl methyl sites for hydroxylation is 1. The fourth-order valence-electron chi connectivity index (χ4n) is 2.62. The van der Waals surface area contributed by atoms with Crippen LogP contribution in [0.3, 0.4) is 0 Å². The first kappa shape index (κ1) is 12.6. The molecule has 1 saturated carbocycles. The SMILES string of the molecule is CCNC(Cc1ncccc1C)CC1CCC1. The maximum atomic E-state index is 4.51. The average Bonchev–Trinajstić information content (AvgIpc) is 2.26. The molecule has 2 rings (SSSR count). The lowest BCUT2D eigenvalue weighted by atomic mass is 9.80. The second-order valence-corrected chi connectivity index (χ2v) is 5.26. The summed E-state index contributed by atoms with van der Waals surface area (Å²) in [6.07, 6.45) is 8.62. The van der Waals surface area contributed by atoms with Crippen LogP contribution in [0.1, 0.15) is 43.9 Å². The minimum Gasteiger partial charge on any atom is -0.314 e. The van der Waals surface area contributed by atoms with Crippen LogP contribution in [0.5, 0.6) is 0 Å². The summed E-state index contributed by atoms with van der Waals surface area (Å²) in [5, 5.41) is 3.62. The van der Waals surface area contributed by atoms with E-state index in [1.54, 1.807) is 0 Å². The minimum absolute atomic E-state index is 0.610. The molecule has 17 heavy (non-hydrogen) atoms. The fourth-order valence-corrected chi connectivity index (χ4v) is 2.62. The van der Waals surface area contributed by atoms with Crippen molar-refractivity contribution in [1.29, 1.82) is 0 Å². The van der Waals surface area contributed by atoms with Gasteiger partial charge in [-0.2, -0.15) is 0 Å². The van der Waals surface area contributed by atoms with Crippen molar-refractivity contribution in [2.45, 2.75) is 52.0 Å². The van der Waals surface area contributed by atoms with Gasteiger partial charge in [0.05, 0.1) is 0 Å². The smallest absolute Gasteiger partial charge is 0.0448 e. The summed E-state index contributed by atoms with van der Waals surface area (Å²) in [7, 11) is 0. The van der Waals surface area contributed by atoms with Gasteiger partial charge in [-0.25, -0.2) is 0 Å². The van der Waals surface area contributed by atoms with Crippen LogP contribution in [-0.2, 0) is 6.42 Å². The average molecular weight is 232 g/mol. The Bertz CT molecular complexity index is 345. The summed E-state index contributed by atoms with van der Waals surface area (Å²) < 4.78 is 0. The van der Waals surface area contributed by atoms with Crippen molar-refractivity contribution in [3.05, 3.63) is 29.6 Å². The summed E-state index contributed by atoms with van der Waals surface area (Å²) >= 11 is 0. The Kier molecular flexibility index (Phi) is 4.55. The molecule has 1 fully saturated rings. The third-order valence-electron chi connectivity index (χ3n) is 3.89. The molecule has 2 nitrogen and oxygen atoms in total. The Morgan fingerprint density at radius 3 is 2.88 bits per heavy atom. The number of hydrogen-bond acceptors (Lipinski definition) is 2. The Morgan fingerprint density at radius 1 is 1.47 bits per heavy atom. The van der Waals surface area contributed by atoms with Gasteiger partial charge in [-0.3, -0.25) is 4.98 Å². The second kappa shape index (κ2) is 6.15. The number of nitrogens with zero attached hydrogens (tertiary/aromatic N) is 1. The summed E-state index contributed by atoms with van der Waals surface area (Å²) in [6, 6.07) is 4.79. The molecule has 94 valence electrons. The van der Waals surface area contributed by atoms with E-state index in [4.69, 9.17) is 0 Å². The van der Waals surface area contributed by atoms with E-state index in [9.17, 15) is 0 Å². The van der Waals surface area contributed by atoms with Crippen LogP contribution >= 0.6 is 0 Å². The molecular weight excluding hydrogens is 208 g/mol. The Morgan fingerprint density at radius 2 is 2.29 bits per heavy atom. The van der Waals surface area contributed by atoms with Gasteiger partial charge in [0, 0.05) is 24.4 Å². The van der Waals surface area contributed by atoms with E-state index in [2.05, 4.69) is 30.2 Å². The predicted molar refractivity (Wildman–Crippen MR) is 72.1 cm³/mol. The van der Waals surface area contributed by atoms with Gasteiger partial charge in [-0.15, -0.1) is 0 Å². The highest BCUT2D eigenvalue weighted by Crippen LogP contribution is 2.31. The van der Waals surface area contributed by atoms with Gasteiger partial charge in [-0.1, -0.05) is 32.3 Å². The van der Waals surface area contributed by atoms with Crippen LogP contribution in [0.25, 0.3) is 0 Å². The lowest BCUT2D eigenvalue weighted by molar-refractivity contribution is 0.259. The van der Waals surface area contributed by atoms with Crippen LogP contribution in [0.2, 0.25) is 0 Å². The molecular formula is C15H24N2. The molecule has 0 saturated heterocycles. The van der Waals surface area contributed by atoms with Gasteiger partial charge in [0.15, 0.2) is 0 Å². The van der Waals surface area contributed by atoms with Crippen molar-refractivity contribution in [3.63, 3.8) is 0 Å². The number of nitrogens with one attached hydrogen (secondary N) is 1. The molecule has 1 atom stereocenters. The molecule has 1 unspecified atom stereocenters. The van der Waals surface area contributed by atoms with E-state index in [1.807, 2.05) is 12.3 Å². The highest BCUT2D eigenvalue weighted by atomic mass is 14.9. The van der Waals surface area contributed by atoms with Gasteiger partial charge in [0.1, 0.15) is 0 Å². The monoisotopic (exact) mass is 232 g/mol. The van der Waals surface area contributed by atoms with E-state index < -0.39 is 0 Å². The second-order valence-electron chi connectivity index (χ2n) is 5.26. The van der Waals surface area contributed by atoms with Crippen LogP contribution < -0.4 is 5.32 Å². The first-order valence-electron chi connectivity index (χ1n) is 6.93. The topological polar surface area (TPSA) is 24.9 Å². The third-order valence-corrected chi connectivity index (χ3v) is 3.89. The molecule has 0 aliphatic heterocycles. The number of rotatable bonds is 6. The standard InChI is InChI=1S/C15H24N2/c1-3-16-14(10-13-7-4-8-13)11-15-12(2)6-5-9-17-15/h5-6,9,13-14,16H,3-4,7-8,10-11H2,1-2H3. The molecule has 1 aromatic rings. The largest absolute Gasteiger partial charge is 0.314 e. The van der Waals surface area contributed by atoms with Crippen molar-refractivity contribution in [3.8, 4) is 0 Å². The zero-order chi connectivity index (χ0) is 12.1. The predicted octanol–water partition coefficient (Wildman–Crippen LogP) is 3.10. The molecule has 0 bridgehead atoms. The summed E-state index contributed by atoms with van der Waals surface area (Å²) in [5.41, 5.74) is 2.58. The molecule has 1 N–H and O–H groups in total. The highest BCUT2D eigenvalue weighted by molar-refractivity contribution is 5.18. The number of pyridine rings is 1. The summed E-state index contributed by atoms with van der Waals surface area (Å²) in [4.78, 5) is 4.51. The molecule has 1 aromatic heterocycles. The van der Waals surface area contributed by atoms with Crippen molar-refractivity contribution in [1.82, 2.24) is 10.3 Å². The molecule has 0 aromatic carbocycles. The molecule has 1 heterocycles. The van der Waals surface area contributed by atoms with Crippen molar-refractivity contribution in [2.75, 3.05) is 6.54 Å². The minimum atomic E-state index is 0.610. The Balaban J connectivity index is 1.93. The van der Waals surface area contributed by atoms with E-state index in [0.29, 0.717) is 6.04 Å². The lowest BCUT2D eigenvalue weighted by Gasteiger charge is -2.30. The molecule has 1 aliphatic rings. The first-order valence-corrected chi connectivity index (χ1v) is 6.93. The number of likely N-dealkylation sites (N-methyl/N-ethyl adjacent to an activating group) is 1. The van der Waals surface area contributed by atoms with E-state index >= 15 is 0 Å². The van der Waals surface area contributed by atoms with E-state index in [-0.39, 0.29) is 0 Å². The molecule has 0 amide bonds. The number of hydrogen-bond donors (Lipinski definition) is 1. The zero-order valence-electron chi connectivity index (χ0n) is 11.1. The van der Waals surface area contributed by atoms with Gasteiger partial charge >= 0.3 is 0 Å². The molecule has 2 heteroatoms. The summed E-state index contributed by atoms with van der Waals surface area (Å²) in [5.74, 6) is 0.961. The Hall–Kier alpha value is -0.890. The Labute approximate surface area is 105 Å². The number of aromatic nitrogens is 1. The zero-order valence-corrected chi connectivity index (χ0v) is 11.1. The fraction of sp³-hybridized carbons (Fsp3) is 0.667. The van der Waals surface area contributed by atoms with Crippen LogP contribution in [0.4, 0.5) is 0 Å². The van der Waals surface area contributed by atoms with Gasteiger partial charge < -0.3 is 5.32 Å². The third kappa shape index (κ3) is 3.53. The van der Waals surface area contributed by atoms with E-state index in [0.717, 1.165) is 18.9 Å².